The van der Waals surface area contributed by atoms with Gasteiger partial charge in [0, 0.05) is 25.0 Å². The number of imide groups is 1. The molecular weight excluding hydrogens is 332 g/mol. The van der Waals surface area contributed by atoms with Gasteiger partial charge < -0.3 is 16.0 Å². The number of hydrogen-bond donors (Lipinski definition) is 2. The highest BCUT2D eigenvalue weighted by Gasteiger charge is 2.56. The van der Waals surface area contributed by atoms with E-state index in [1.165, 1.54) is 0 Å². The highest BCUT2D eigenvalue weighted by atomic mass is 16.2. The molecule has 2 saturated heterocycles. The number of rotatable bonds is 4. The van der Waals surface area contributed by atoms with Crippen molar-refractivity contribution < 1.29 is 14.4 Å². The Kier molecular flexibility index (Phi) is 3.99. The Balaban J connectivity index is 1.43. The number of hydrogen-bond acceptors (Lipinski definition) is 4. The molecule has 7 heteroatoms. The largest absolute Gasteiger partial charge is 0.339 e. The van der Waals surface area contributed by atoms with Crippen molar-refractivity contribution in [3.05, 3.63) is 35.9 Å². The molecule has 3 N–H and O–H groups in total. The van der Waals surface area contributed by atoms with Crippen LogP contribution in [0.3, 0.4) is 0 Å². The molecule has 138 valence electrons. The highest BCUT2D eigenvalue weighted by molar-refractivity contribution is 6.09. The van der Waals surface area contributed by atoms with Gasteiger partial charge in [0.1, 0.15) is 12.1 Å². The lowest BCUT2D eigenvalue weighted by Crippen LogP contribution is -2.47. The standard InChI is InChI=1S/C19H24N4O3/c1-19(13-7-8-13)17(25)23(18(26)21-19)11-16(24)22-9-14(15(20)10-22)12-5-3-2-4-6-12/h2-6,13-15H,7-11,20H2,1H3,(H,21,26)/t14-,15+,19?/m0/s1. The molecule has 1 unspecified atom stereocenters. The Morgan fingerprint density at radius 1 is 1.23 bits per heavy atom. The molecule has 1 aromatic carbocycles. The number of nitrogens with two attached hydrogens (primary N) is 1. The molecule has 1 saturated carbocycles. The van der Waals surface area contributed by atoms with Crippen LogP contribution in [0.1, 0.15) is 31.2 Å². The zero-order valence-corrected chi connectivity index (χ0v) is 14.9. The van der Waals surface area contributed by atoms with Crippen molar-refractivity contribution in [2.75, 3.05) is 19.6 Å². The summed E-state index contributed by atoms with van der Waals surface area (Å²) in [6, 6.07) is 9.26. The van der Waals surface area contributed by atoms with Crippen LogP contribution in [0.15, 0.2) is 30.3 Å². The molecule has 7 nitrogen and oxygen atoms in total. The van der Waals surface area contributed by atoms with Gasteiger partial charge in [0.15, 0.2) is 0 Å². The van der Waals surface area contributed by atoms with Crippen LogP contribution in [0.25, 0.3) is 0 Å². The third-order valence-corrected chi connectivity index (χ3v) is 5.93. The fourth-order valence-corrected chi connectivity index (χ4v) is 4.12. The first kappa shape index (κ1) is 17.0. The lowest BCUT2D eigenvalue weighted by atomic mass is 9.95. The normalized spacial score (nSPS) is 31.5. The van der Waals surface area contributed by atoms with Crippen LogP contribution in [0, 0.1) is 5.92 Å². The summed E-state index contributed by atoms with van der Waals surface area (Å²) in [4.78, 5) is 40.3. The van der Waals surface area contributed by atoms with Gasteiger partial charge in [0.2, 0.25) is 5.91 Å². The van der Waals surface area contributed by atoms with Crippen LogP contribution < -0.4 is 11.1 Å². The van der Waals surface area contributed by atoms with E-state index in [0.717, 1.165) is 23.3 Å². The minimum atomic E-state index is -0.856. The summed E-state index contributed by atoms with van der Waals surface area (Å²) in [7, 11) is 0. The Morgan fingerprint density at radius 2 is 1.92 bits per heavy atom. The van der Waals surface area contributed by atoms with E-state index in [-0.39, 0.29) is 36.2 Å². The van der Waals surface area contributed by atoms with E-state index >= 15 is 0 Å². The number of benzene rings is 1. The zero-order valence-electron chi connectivity index (χ0n) is 14.9. The lowest BCUT2D eigenvalue weighted by molar-refractivity contribution is -0.138. The average Bonchev–Trinajstić information content (AvgIpc) is 3.38. The number of nitrogens with one attached hydrogen (secondary N) is 1. The molecule has 3 aliphatic rings. The summed E-state index contributed by atoms with van der Waals surface area (Å²) in [6.07, 6.45) is 1.87. The van der Waals surface area contributed by atoms with Crippen molar-refractivity contribution in [3.63, 3.8) is 0 Å². The van der Waals surface area contributed by atoms with Gasteiger partial charge >= 0.3 is 6.03 Å². The van der Waals surface area contributed by atoms with Gasteiger partial charge in [-0.2, -0.15) is 0 Å². The van der Waals surface area contributed by atoms with Crippen molar-refractivity contribution in [2.45, 2.75) is 37.3 Å². The molecule has 4 rings (SSSR count). The third kappa shape index (κ3) is 2.76. The average molecular weight is 356 g/mol. The van der Waals surface area contributed by atoms with Crippen molar-refractivity contribution in [2.24, 2.45) is 11.7 Å². The van der Waals surface area contributed by atoms with Gasteiger partial charge in [-0.05, 0) is 31.2 Å². The van der Waals surface area contributed by atoms with Crippen molar-refractivity contribution in [3.8, 4) is 0 Å². The Labute approximate surface area is 152 Å². The van der Waals surface area contributed by atoms with Crippen LogP contribution in [-0.4, -0.2) is 58.9 Å². The molecule has 0 radical (unpaired) electrons. The lowest BCUT2D eigenvalue weighted by Gasteiger charge is -2.22. The van der Waals surface area contributed by atoms with Crippen LogP contribution >= 0.6 is 0 Å². The Hall–Kier alpha value is -2.41. The molecule has 26 heavy (non-hydrogen) atoms. The maximum absolute atomic E-state index is 12.7. The number of urea groups is 1. The molecule has 1 aliphatic carbocycles. The second kappa shape index (κ2) is 6.09. The van der Waals surface area contributed by atoms with E-state index in [1.54, 1.807) is 11.8 Å². The molecule has 1 aromatic rings. The summed E-state index contributed by atoms with van der Waals surface area (Å²) < 4.78 is 0. The summed E-state index contributed by atoms with van der Waals surface area (Å²) in [5.41, 5.74) is 6.49. The second-order valence-corrected chi connectivity index (χ2v) is 7.78. The first-order chi connectivity index (χ1) is 12.4. The highest BCUT2D eigenvalue weighted by Crippen LogP contribution is 2.42. The number of carbonyl (C=O) groups is 3. The fourth-order valence-electron chi connectivity index (χ4n) is 4.12. The van der Waals surface area contributed by atoms with Crippen molar-refractivity contribution >= 4 is 17.8 Å². The number of carbonyl (C=O) groups excluding carboxylic acids is 3. The quantitative estimate of drug-likeness (QED) is 0.775. The van der Waals surface area contributed by atoms with Gasteiger partial charge in [-0.15, -0.1) is 0 Å². The van der Waals surface area contributed by atoms with Crippen molar-refractivity contribution in [1.29, 1.82) is 0 Å². The summed E-state index contributed by atoms with van der Waals surface area (Å²) in [6.45, 7) is 2.48. The minimum Gasteiger partial charge on any atom is -0.339 e. The predicted octanol–water partition coefficient (Wildman–Crippen LogP) is 0.660. The van der Waals surface area contributed by atoms with Gasteiger partial charge in [-0.3, -0.25) is 14.5 Å². The summed E-state index contributed by atoms with van der Waals surface area (Å²) in [5, 5.41) is 2.77. The van der Waals surface area contributed by atoms with E-state index in [4.69, 9.17) is 5.73 Å². The van der Waals surface area contributed by atoms with Crippen molar-refractivity contribution in [1.82, 2.24) is 15.1 Å². The second-order valence-electron chi connectivity index (χ2n) is 7.78. The molecule has 2 aliphatic heterocycles. The Bertz CT molecular complexity index is 748. The SMILES string of the molecule is CC1(C2CC2)NC(=O)N(CC(=O)N2C[C@@H](N)[C@H](c3ccccc3)C2)C1=O. The smallest absolute Gasteiger partial charge is 0.325 e. The number of likely N-dealkylation sites (tertiary alicyclic amines) is 1. The topological polar surface area (TPSA) is 95.7 Å². The molecule has 0 aromatic heterocycles. The monoisotopic (exact) mass is 356 g/mol. The number of amides is 4. The first-order valence-electron chi connectivity index (χ1n) is 9.12. The van der Waals surface area contributed by atoms with Crippen LogP contribution in [0.5, 0.6) is 0 Å². The predicted molar refractivity (Wildman–Crippen MR) is 95.1 cm³/mol. The van der Waals surface area contributed by atoms with E-state index in [0.29, 0.717) is 13.1 Å². The van der Waals surface area contributed by atoms with E-state index in [9.17, 15) is 14.4 Å². The molecule has 3 atom stereocenters. The van der Waals surface area contributed by atoms with Gasteiger partial charge in [-0.25, -0.2) is 4.79 Å². The molecular formula is C19H24N4O3. The van der Waals surface area contributed by atoms with Gasteiger partial charge in [0.05, 0.1) is 0 Å². The van der Waals surface area contributed by atoms with Crippen LogP contribution in [0.2, 0.25) is 0 Å². The van der Waals surface area contributed by atoms with Gasteiger partial charge in [0.25, 0.3) is 5.91 Å². The van der Waals surface area contributed by atoms with Crippen LogP contribution in [0.4, 0.5) is 4.79 Å². The summed E-state index contributed by atoms with van der Waals surface area (Å²) in [5.74, 6) is -0.273. The third-order valence-electron chi connectivity index (χ3n) is 5.93. The summed E-state index contributed by atoms with van der Waals surface area (Å²) >= 11 is 0. The van der Waals surface area contributed by atoms with E-state index in [1.807, 2.05) is 30.3 Å². The zero-order chi connectivity index (χ0) is 18.5. The molecule has 2 heterocycles. The molecule has 0 spiro atoms. The van der Waals surface area contributed by atoms with E-state index < -0.39 is 11.6 Å². The van der Waals surface area contributed by atoms with E-state index in [2.05, 4.69) is 5.32 Å². The molecule has 0 bridgehead atoms. The Morgan fingerprint density at radius 3 is 2.58 bits per heavy atom. The van der Waals surface area contributed by atoms with Crippen LogP contribution in [-0.2, 0) is 9.59 Å². The fraction of sp³-hybridized carbons (Fsp3) is 0.526. The maximum atomic E-state index is 12.7. The molecule has 3 fully saturated rings. The minimum absolute atomic E-state index is 0.0694. The number of nitrogens with zero attached hydrogens (tertiary/aromatic N) is 2. The molecule has 4 amide bonds. The maximum Gasteiger partial charge on any atom is 0.325 e. The van der Waals surface area contributed by atoms with Gasteiger partial charge in [-0.1, -0.05) is 30.3 Å². The first-order valence-corrected chi connectivity index (χ1v) is 9.12.